The highest BCUT2D eigenvalue weighted by molar-refractivity contribution is 5.94. The molecule has 1 aliphatic rings. The highest BCUT2D eigenvalue weighted by Crippen LogP contribution is 2.09. The maximum absolute atomic E-state index is 11.5. The first-order valence-corrected chi connectivity index (χ1v) is 10.0. The predicted octanol–water partition coefficient (Wildman–Crippen LogP) is 3.89. The molecular weight excluding hydrogens is 362 g/mol. The lowest BCUT2D eigenvalue weighted by Gasteiger charge is -2.23. The van der Waals surface area contributed by atoms with Gasteiger partial charge in [-0.2, -0.15) is 0 Å². The number of nitrogen functional groups attached to an aromatic ring is 1. The molecule has 0 aliphatic carbocycles. The van der Waals surface area contributed by atoms with Gasteiger partial charge in [0.05, 0.1) is 6.54 Å². The van der Waals surface area contributed by atoms with E-state index in [-0.39, 0.29) is 18.4 Å². The Morgan fingerprint density at radius 3 is 2.07 bits per heavy atom. The molecule has 0 spiro atoms. The minimum atomic E-state index is -0.482. The van der Waals surface area contributed by atoms with Crippen molar-refractivity contribution in [2.75, 3.05) is 12.3 Å². The third-order valence-corrected chi connectivity index (χ3v) is 3.75. The van der Waals surface area contributed by atoms with E-state index in [1.54, 1.807) is 18.2 Å². The van der Waals surface area contributed by atoms with E-state index in [1.807, 2.05) is 39.0 Å². The fourth-order valence-corrected chi connectivity index (χ4v) is 2.35. The Kier molecular flexibility index (Phi) is 14.2. The number of nitrogens with one attached hydrogen (secondary N) is 2. The zero-order valence-electron chi connectivity index (χ0n) is 18.1. The van der Waals surface area contributed by atoms with Gasteiger partial charge in [0.1, 0.15) is 6.04 Å². The lowest BCUT2D eigenvalue weighted by atomic mass is 10.0. The Bertz CT molecular complexity index is 713. The molecule has 0 unspecified atom stereocenters. The van der Waals surface area contributed by atoms with Crippen molar-refractivity contribution in [3.63, 3.8) is 0 Å². The smallest absolute Gasteiger partial charge is 0.243 e. The van der Waals surface area contributed by atoms with Crippen LogP contribution in [-0.2, 0) is 22.4 Å². The van der Waals surface area contributed by atoms with E-state index in [1.165, 1.54) is 5.56 Å². The van der Waals surface area contributed by atoms with Crippen LogP contribution in [0, 0.1) is 0 Å². The Balaban J connectivity index is 0.000000505. The molecule has 5 heteroatoms. The molecular formula is C24H35N3O2. The van der Waals surface area contributed by atoms with E-state index in [0.717, 1.165) is 12.0 Å². The molecule has 0 aromatic heterocycles. The molecule has 1 saturated heterocycles. The van der Waals surface area contributed by atoms with Crippen LogP contribution in [0.4, 0.5) is 5.69 Å². The molecule has 0 saturated carbocycles. The molecule has 1 heterocycles. The number of anilines is 1. The zero-order valence-corrected chi connectivity index (χ0v) is 18.1. The van der Waals surface area contributed by atoms with Crippen molar-refractivity contribution in [2.24, 2.45) is 0 Å². The van der Waals surface area contributed by atoms with Crippen LogP contribution in [0.3, 0.4) is 0 Å². The summed E-state index contributed by atoms with van der Waals surface area (Å²) < 4.78 is 0. The van der Waals surface area contributed by atoms with Crippen LogP contribution in [0.15, 0.2) is 67.3 Å². The van der Waals surface area contributed by atoms with Crippen molar-refractivity contribution in [1.29, 1.82) is 0 Å². The van der Waals surface area contributed by atoms with Gasteiger partial charge in [-0.25, -0.2) is 0 Å². The minimum absolute atomic E-state index is 0.0665. The highest BCUT2D eigenvalue weighted by atomic mass is 16.2. The summed E-state index contributed by atoms with van der Waals surface area (Å²) in [6, 6.07) is 17.2. The Morgan fingerprint density at radius 2 is 1.59 bits per heavy atom. The number of benzene rings is 2. The van der Waals surface area contributed by atoms with Crippen LogP contribution in [-0.4, -0.2) is 24.4 Å². The molecule has 1 atom stereocenters. The van der Waals surface area contributed by atoms with Gasteiger partial charge >= 0.3 is 0 Å². The molecule has 1 fully saturated rings. The van der Waals surface area contributed by atoms with Crippen LogP contribution >= 0.6 is 0 Å². The van der Waals surface area contributed by atoms with Crippen LogP contribution in [0.1, 0.15) is 38.8 Å². The minimum Gasteiger partial charge on any atom is -0.399 e. The highest BCUT2D eigenvalue weighted by Gasteiger charge is 2.25. The SMILES string of the molecule is C=CC.CC.CCc1ccccc1.Nc1ccc(C[C@@H]2NC(=O)CNC2=O)cc1. The number of hydrogen-bond acceptors (Lipinski definition) is 3. The number of carbonyl (C=O) groups is 2. The molecule has 1 aliphatic heterocycles. The van der Waals surface area contributed by atoms with E-state index < -0.39 is 6.04 Å². The fraction of sp³-hybridized carbons (Fsp3) is 0.333. The normalized spacial score (nSPS) is 14.3. The summed E-state index contributed by atoms with van der Waals surface area (Å²) >= 11 is 0. The van der Waals surface area contributed by atoms with Gasteiger partial charge in [-0.1, -0.05) is 69.3 Å². The molecule has 4 N–H and O–H groups in total. The third kappa shape index (κ3) is 11.4. The van der Waals surface area contributed by atoms with Gasteiger partial charge in [0.15, 0.2) is 0 Å². The van der Waals surface area contributed by atoms with Crippen LogP contribution in [0.25, 0.3) is 0 Å². The van der Waals surface area contributed by atoms with Gasteiger partial charge < -0.3 is 16.4 Å². The molecule has 2 aromatic carbocycles. The first kappa shape index (κ1) is 25.9. The van der Waals surface area contributed by atoms with Crippen molar-refractivity contribution in [3.8, 4) is 0 Å². The second kappa shape index (κ2) is 15.9. The summed E-state index contributed by atoms with van der Waals surface area (Å²) in [4.78, 5) is 22.6. The Labute approximate surface area is 175 Å². The monoisotopic (exact) mass is 397 g/mol. The molecule has 0 bridgehead atoms. The standard InChI is InChI=1S/C11H13N3O2.C8H10.C3H6.C2H6/c12-8-3-1-7(2-4-8)5-9-11(16)13-6-10(15)14-9;1-2-8-6-4-3-5-7-8;1-3-2;1-2/h1-4,9H,5-6,12H2,(H,13,16)(H,14,15);3-7H,2H2,1H3;3H,1H2,2H3;1-2H3/t9-;;;/m0.../s1. The third-order valence-electron chi connectivity index (χ3n) is 3.75. The van der Waals surface area contributed by atoms with E-state index in [9.17, 15) is 9.59 Å². The number of aryl methyl sites for hydroxylation is 1. The molecule has 2 aromatic rings. The van der Waals surface area contributed by atoms with E-state index in [2.05, 4.69) is 48.4 Å². The second-order valence-electron chi connectivity index (χ2n) is 6.03. The predicted molar refractivity (Wildman–Crippen MR) is 123 cm³/mol. The van der Waals surface area contributed by atoms with E-state index >= 15 is 0 Å². The summed E-state index contributed by atoms with van der Waals surface area (Å²) in [5.74, 6) is -0.295. The van der Waals surface area contributed by atoms with Crippen LogP contribution < -0.4 is 16.4 Å². The second-order valence-corrected chi connectivity index (χ2v) is 6.03. The summed E-state index contributed by atoms with van der Waals surface area (Å²) in [6.45, 7) is 11.5. The lowest BCUT2D eigenvalue weighted by molar-refractivity contribution is -0.133. The number of carbonyl (C=O) groups excluding carboxylic acids is 2. The zero-order chi connectivity index (χ0) is 22.1. The summed E-state index contributed by atoms with van der Waals surface area (Å²) in [7, 11) is 0. The number of rotatable bonds is 3. The molecule has 158 valence electrons. The summed E-state index contributed by atoms with van der Waals surface area (Å²) in [5, 5.41) is 5.18. The number of amides is 2. The maximum Gasteiger partial charge on any atom is 0.243 e. The fourth-order valence-electron chi connectivity index (χ4n) is 2.35. The van der Waals surface area contributed by atoms with Crippen molar-refractivity contribution in [3.05, 3.63) is 78.4 Å². The number of nitrogens with two attached hydrogens (primary N) is 1. The van der Waals surface area contributed by atoms with Crippen LogP contribution in [0.5, 0.6) is 0 Å². The quantitative estimate of drug-likeness (QED) is 0.543. The van der Waals surface area contributed by atoms with Gasteiger partial charge in [-0.15, -0.1) is 6.58 Å². The van der Waals surface area contributed by atoms with Gasteiger partial charge in [-0.05, 0) is 36.6 Å². The van der Waals surface area contributed by atoms with Crippen molar-refractivity contribution in [2.45, 2.75) is 46.6 Å². The van der Waals surface area contributed by atoms with Gasteiger partial charge in [0.2, 0.25) is 11.8 Å². The molecule has 2 amide bonds. The Morgan fingerprint density at radius 1 is 1.03 bits per heavy atom. The summed E-state index contributed by atoms with van der Waals surface area (Å²) in [5.41, 5.74) is 8.62. The van der Waals surface area contributed by atoms with E-state index in [0.29, 0.717) is 12.1 Å². The van der Waals surface area contributed by atoms with Crippen molar-refractivity contribution >= 4 is 17.5 Å². The van der Waals surface area contributed by atoms with Gasteiger partial charge in [0, 0.05) is 12.1 Å². The van der Waals surface area contributed by atoms with Gasteiger partial charge in [0.25, 0.3) is 0 Å². The number of allylic oxidation sites excluding steroid dienone is 1. The summed E-state index contributed by atoms with van der Waals surface area (Å²) in [6.07, 6.45) is 3.37. The van der Waals surface area contributed by atoms with Crippen LogP contribution in [0.2, 0.25) is 0 Å². The molecule has 29 heavy (non-hydrogen) atoms. The lowest BCUT2D eigenvalue weighted by Crippen LogP contribution is -2.56. The average molecular weight is 398 g/mol. The average Bonchev–Trinajstić information content (AvgIpc) is 2.75. The molecule has 5 nitrogen and oxygen atoms in total. The first-order valence-electron chi connectivity index (χ1n) is 10.0. The number of piperazine rings is 1. The van der Waals surface area contributed by atoms with Crippen molar-refractivity contribution < 1.29 is 9.59 Å². The van der Waals surface area contributed by atoms with E-state index in [4.69, 9.17) is 5.73 Å². The largest absolute Gasteiger partial charge is 0.399 e. The molecule has 3 rings (SSSR count). The topological polar surface area (TPSA) is 84.2 Å². The maximum atomic E-state index is 11.5. The molecule has 0 radical (unpaired) electrons. The number of hydrogen-bond donors (Lipinski definition) is 3. The van der Waals surface area contributed by atoms with Crippen molar-refractivity contribution in [1.82, 2.24) is 10.6 Å². The van der Waals surface area contributed by atoms with Gasteiger partial charge in [-0.3, -0.25) is 9.59 Å². The Hall–Kier alpha value is -3.08. The first-order chi connectivity index (χ1) is 14.0.